The maximum atomic E-state index is 5.66. The highest BCUT2D eigenvalue weighted by molar-refractivity contribution is 5.87. The van der Waals surface area contributed by atoms with Crippen molar-refractivity contribution < 1.29 is 4.74 Å². The fourth-order valence-corrected chi connectivity index (χ4v) is 2.48. The standard InChI is InChI=1S/C14H15N7O/c15-10-2-1-9(7-16-10)11-12-13(18-8-17-12)20-14(19-11)21-3-5-22-6-4-21/h1-2,7-8H,3-6H2,(H2,15,16)(H,17,18,19,20). The summed E-state index contributed by atoms with van der Waals surface area (Å²) in [6.45, 7) is 2.92. The van der Waals surface area contributed by atoms with Gasteiger partial charge in [0.1, 0.15) is 17.0 Å². The van der Waals surface area contributed by atoms with E-state index < -0.39 is 0 Å². The average Bonchev–Trinajstić information content (AvgIpc) is 3.04. The number of nitrogens with zero attached hydrogens (tertiary/aromatic N) is 5. The van der Waals surface area contributed by atoms with Gasteiger partial charge in [-0.05, 0) is 12.1 Å². The Bertz CT molecular complexity index is 793. The summed E-state index contributed by atoms with van der Waals surface area (Å²) < 4.78 is 5.38. The number of anilines is 2. The third-order valence-electron chi connectivity index (χ3n) is 3.62. The van der Waals surface area contributed by atoms with Crippen LogP contribution in [0.15, 0.2) is 24.7 Å². The molecule has 4 heterocycles. The van der Waals surface area contributed by atoms with E-state index in [1.807, 2.05) is 6.07 Å². The van der Waals surface area contributed by atoms with E-state index in [1.165, 1.54) is 0 Å². The lowest BCUT2D eigenvalue weighted by molar-refractivity contribution is 0.122. The van der Waals surface area contributed by atoms with Crippen LogP contribution < -0.4 is 10.6 Å². The topological polar surface area (TPSA) is 106 Å². The van der Waals surface area contributed by atoms with E-state index in [4.69, 9.17) is 15.5 Å². The maximum Gasteiger partial charge on any atom is 0.228 e. The van der Waals surface area contributed by atoms with Gasteiger partial charge in [0.2, 0.25) is 5.95 Å². The van der Waals surface area contributed by atoms with Crippen molar-refractivity contribution in [1.29, 1.82) is 0 Å². The van der Waals surface area contributed by atoms with Crippen LogP contribution >= 0.6 is 0 Å². The lowest BCUT2D eigenvalue weighted by atomic mass is 10.2. The zero-order valence-electron chi connectivity index (χ0n) is 11.9. The van der Waals surface area contributed by atoms with Gasteiger partial charge in [-0.15, -0.1) is 0 Å². The van der Waals surface area contributed by atoms with E-state index in [-0.39, 0.29) is 0 Å². The number of fused-ring (bicyclic) bond motifs is 1. The molecule has 3 aromatic heterocycles. The number of morpholine rings is 1. The molecule has 22 heavy (non-hydrogen) atoms. The summed E-state index contributed by atoms with van der Waals surface area (Å²) in [5, 5.41) is 0. The zero-order valence-corrected chi connectivity index (χ0v) is 11.9. The van der Waals surface area contributed by atoms with Crippen molar-refractivity contribution in [3.05, 3.63) is 24.7 Å². The second kappa shape index (κ2) is 5.23. The van der Waals surface area contributed by atoms with Gasteiger partial charge in [-0.1, -0.05) is 0 Å². The summed E-state index contributed by atoms with van der Waals surface area (Å²) in [4.78, 5) is 22.9. The minimum Gasteiger partial charge on any atom is -0.384 e. The first kappa shape index (κ1) is 13.0. The van der Waals surface area contributed by atoms with Crippen molar-refractivity contribution in [1.82, 2.24) is 24.9 Å². The van der Waals surface area contributed by atoms with E-state index in [0.717, 1.165) is 29.9 Å². The molecule has 0 amide bonds. The molecule has 0 atom stereocenters. The minimum absolute atomic E-state index is 0.476. The molecule has 8 nitrogen and oxygen atoms in total. The highest BCUT2D eigenvalue weighted by Crippen LogP contribution is 2.26. The number of H-pyrrole nitrogens is 1. The van der Waals surface area contributed by atoms with Crippen LogP contribution in [0.25, 0.3) is 22.4 Å². The SMILES string of the molecule is Nc1ccc(-c2nc(N3CCOCC3)nc3[nH]cnc23)cn1. The fourth-order valence-electron chi connectivity index (χ4n) is 2.48. The first-order valence-electron chi connectivity index (χ1n) is 7.07. The van der Waals surface area contributed by atoms with Gasteiger partial charge in [-0.2, -0.15) is 4.98 Å². The van der Waals surface area contributed by atoms with Crippen LogP contribution in [0.2, 0.25) is 0 Å². The predicted octanol–water partition coefficient (Wildman–Crippen LogP) is 0.834. The number of aromatic nitrogens is 5. The molecule has 1 aliphatic heterocycles. The number of nitrogen functional groups attached to an aromatic ring is 1. The van der Waals surface area contributed by atoms with Gasteiger partial charge in [0.15, 0.2) is 5.65 Å². The molecule has 0 spiro atoms. The monoisotopic (exact) mass is 297 g/mol. The van der Waals surface area contributed by atoms with Crippen molar-refractivity contribution in [3.63, 3.8) is 0 Å². The number of rotatable bonds is 2. The Morgan fingerprint density at radius 3 is 2.77 bits per heavy atom. The maximum absolute atomic E-state index is 5.66. The van der Waals surface area contributed by atoms with E-state index in [9.17, 15) is 0 Å². The molecule has 4 rings (SSSR count). The minimum atomic E-state index is 0.476. The van der Waals surface area contributed by atoms with Gasteiger partial charge in [-0.3, -0.25) is 0 Å². The smallest absolute Gasteiger partial charge is 0.228 e. The Kier molecular flexibility index (Phi) is 3.08. The van der Waals surface area contributed by atoms with Crippen molar-refractivity contribution in [3.8, 4) is 11.3 Å². The Balaban J connectivity index is 1.85. The highest BCUT2D eigenvalue weighted by atomic mass is 16.5. The van der Waals surface area contributed by atoms with E-state index in [0.29, 0.717) is 30.6 Å². The van der Waals surface area contributed by atoms with E-state index in [2.05, 4.69) is 24.8 Å². The van der Waals surface area contributed by atoms with Crippen molar-refractivity contribution >= 4 is 22.9 Å². The number of ether oxygens (including phenoxy) is 1. The molecule has 1 saturated heterocycles. The Hall–Kier alpha value is -2.74. The second-order valence-corrected chi connectivity index (χ2v) is 5.04. The molecule has 8 heteroatoms. The third-order valence-corrected chi connectivity index (χ3v) is 3.62. The van der Waals surface area contributed by atoms with Crippen LogP contribution in [-0.4, -0.2) is 51.2 Å². The van der Waals surface area contributed by atoms with Crippen LogP contribution in [0.1, 0.15) is 0 Å². The van der Waals surface area contributed by atoms with Crippen LogP contribution in [0.5, 0.6) is 0 Å². The van der Waals surface area contributed by atoms with Crippen LogP contribution in [0.4, 0.5) is 11.8 Å². The highest BCUT2D eigenvalue weighted by Gasteiger charge is 2.18. The number of hydrogen-bond donors (Lipinski definition) is 2. The molecule has 3 N–H and O–H groups in total. The quantitative estimate of drug-likeness (QED) is 0.721. The zero-order chi connectivity index (χ0) is 14.9. The first-order chi connectivity index (χ1) is 10.8. The summed E-state index contributed by atoms with van der Waals surface area (Å²) >= 11 is 0. The molecule has 1 aliphatic rings. The molecular weight excluding hydrogens is 282 g/mol. The number of nitrogens with one attached hydrogen (secondary N) is 1. The van der Waals surface area contributed by atoms with Gasteiger partial charge >= 0.3 is 0 Å². The van der Waals surface area contributed by atoms with E-state index in [1.54, 1.807) is 18.6 Å². The molecule has 0 unspecified atom stereocenters. The summed E-state index contributed by atoms with van der Waals surface area (Å²) in [7, 11) is 0. The van der Waals surface area contributed by atoms with E-state index >= 15 is 0 Å². The fraction of sp³-hybridized carbons (Fsp3) is 0.286. The van der Waals surface area contributed by atoms with Gasteiger partial charge in [-0.25, -0.2) is 15.0 Å². The van der Waals surface area contributed by atoms with Crippen molar-refractivity contribution in [2.24, 2.45) is 0 Å². The molecular formula is C14H15N7O. The number of nitrogens with two attached hydrogens (primary N) is 1. The lowest BCUT2D eigenvalue weighted by Crippen LogP contribution is -2.37. The molecule has 0 aliphatic carbocycles. The Morgan fingerprint density at radius 2 is 2.00 bits per heavy atom. The number of pyridine rings is 1. The summed E-state index contributed by atoms with van der Waals surface area (Å²) in [5.74, 6) is 1.15. The normalized spacial score (nSPS) is 15.4. The molecule has 0 aromatic carbocycles. The van der Waals surface area contributed by atoms with Crippen LogP contribution in [-0.2, 0) is 4.74 Å². The average molecular weight is 297 g/mol. The second-order valence-electron chi connectivity index (χ2n) is 5.04. The van der Waals surface area contributed by atoms with Gasteiger partial charge < -0.3 is 20.4 Å². The third kappa shape index (κ3) is 2.23. The number of aromatic amines is 1. The summed E-state index contributed by atoms with van der Waals surface area (Å²) in [6, 6.07) is 3.65. The largest absolute Gasteiger partial charge is 0.384 e. The van der Waals surface area contributed by atoms with Gasteiger partial charge in [0, 0.05) is 24.8 Å². The van der Waals surface area contributed by atoms with Gasteiger partial charge in [0.25, 0.3) is 0 Å². The molecule has 1 fully saturated rings. The first-order valence-corrected chi connectivity index (χ1v) is 7.07. The Labute approximate surface area is 126 Å². The summed E-state index contributed by atoms with van der Waals surface area (Å²) in [6.07, 6.45) is 3.32. The predicted molar refractivity (Wildman–Crippen MR) is 82.4 cm³/mol. The molecule has 3 aromatic rings. The molecule has 0 bridgehead atoms. The summed E-state index contributed by atoms with van der Waals surface area (Å²) in [5.41, 5.74) is 8.71. The number of imidazole rings is 1. The van der Waals surface area contributed by atoms with Crippen molar-refractivity contribution in [2.45, 2.75) is 0 Å². The molecule has 0 radical (unpaired) electrons. The van der Waals surface area contributed by atoms with Gasteiger partial charge in [0.05, 0.1) is 19.5 Å². The van der Waals surface area contributed by atoms with Crippen molar-refractivity contribution in [2.75, 3.05) is 36.9 Å². The lowest BCUT2D eigenvalue weighted by Gasteiger charge is -2.26. The Morgan fingerprint density at radius 1 is 1.14 bits per heavy atom. The number of hydrogen-bond acceptors (Lipinski definition) is 7. The molecule has 112 valence electrons. The molecule has 0 saturated carbocycles. The van der Waals surface area contributed by atoms with Crippen LogP contribution in [0, 0.1) is 0 Å². The van der Waals surface area contributed by atoms with Crippen LogP contribution in [0.3, 0.4) is 0 Å².